The number of aryl methyl sites for hydroxylation is 1. The molecule has 1 N–H and O–H groups in total. The van der Waals surface area contributed by atoms with Gasteiger partial charge in [-0.15, -0.1) is 23.1 Å². The van der Waals surface area contributed by atoms with E-state index in [1.165, 1.54) is 5.56 Å². The molecule has 2 aromatic carbocycles. The van der Waals surface area contributed by atoms with Gasteiger partial charge in [-0.3, -0.25) is 0 Å². The number of methoxy groups -OCH3 is 1. The Morgan fingerprint density at radius 1 is 1.03 bits per heavy atom. The van der Waals surface area contributed by atoms with Crippen molar-refractivity contribution < 1.29 is 9.47 Å². The molecule has 0 spiro atoms. The topological polar surface area (TPSA) is 56.3 Å². The van der Waals surface area contributed by atoms with Crippen LogP contribution in [0.4, 0.5) is 10.9 Å². The van der Waals surface area contributed by atoms with Crippen LogP contribution >= 0.6 is 23.1 Å². The third-order valence-corrected chi connectivity index (χ3v) is 6.36. The van der Waals surface area contributed by atoms with Crippen LogP contribution in [0.5, 0.6) is 11.5 Å². The van der Waals surface area contributed by atoms with Gasteiger partial charge in [-0.25, -0.2) is 9.97 Å². The third-order valence-electron chi connectivity index (χ3n) is 4.45. The van der Waals surface area contributed by atoms with Gasteiger partial charge in [-0.05, 0) is 36.2 Å². The van der Waals surface area contributed by atoms with Crippen LogP contribution in [0.2, 0.25) is 0 Å². The molecule has 0 unspecified atom stereocenters. The van der Waals surface area contributed by atoms with Gasteiger partial charge in [-0.2, -0.15) is 0 Å². The Bertz CT molecular complexity index is 1130. The highest BCUT2D eigenvalue weighted by Gasteiger charge is 2.11. The van der Waals surface area contributed by atoms with E-state index in [0.29, 0.717) is 18.2 Å². The monoisotopic (exact) mass is 449 g/mol. The number of nitrogens with one attached hydrogen (secondary N) is 1. The van der Waals surface area contributed by atoms with Crippen molar-refractivity contribution in [2.75, 3.05) is 12.4 Å². The Balaban J connectivity index is 1.52. The summed E-state index contributed by atoms with van der Waals surface area (Å²) in [5.41, 5.74) is 3.27. The van der Waals surface area contributed by atoms with Gasteiger partial charge in [0.05, 0.1) is 12.8 Å². The molecule has 7 heteroatoms. The van der Waals surface area contributed by atoms with Crippen LogP contribution in [0.1, 0.15) is 16.8 Å². The fourth-order valence-electron chi connectivity index (χ4n) is 2.89. The number of thioether (sulfide) groups is 1. The minimum Gasteiger partial charge on any atom is -0.497 e. The number of rotatable bonds is 9. The lowest BCUT2D eigenvalue weighted by Gasteiger charge is -2.13. The molecular weight excluding hydrogens is 426 g/mol. The van der Waals surface area contributed by atoms with E-state index in [-0.39, 0.29) is 0 Å². The van der Waals surface area contributed by atoms with Gasteiger partial charge >= 0.3 is 0 Å². The van der Waals surface area contributed by atoms with Gasteiger partial charge in [-0.1, -0.05) is 42.5 Å². The molecule has 0 atom stereocenters. The van der Waals surface area contributed by atoms with E-state index in [0.717, 1.165) is 32.8 Å². The Hall–Kier alpha value is -3.03. The molecule has 0 fully saturated rings. The van der Waals surface area contributed by atoms with Crippen LogP contribution in [0.15, 0.2) is 77.1 Å². The number of benzene rings is 2. The maximum Gasteiger partial charge on any atom is 0.188 e. The summed E-state index contributed by atoms with van der Waals surface area (Å²) in [6.07, 6.45) is 1.86. The molecule has 5 nitrogen and oxygen atoms in total. The van der Waals surface area contributed by atoms with Crippen molar-refractivity contribution in [2.45, 2.75) is 24.2 Å². The van der Waals surface area contributed by atoms with Crippen LogP contribution in [0.3, 0.4) is 0 Å². The first-order valence-corrected chi connectivity index (χ1v) is 11.7. The molecular formula is C24H23N3O2S2. The van der Waals surface area contributed by atoms with Crippen molar-refractivity contribution in [3.8, 4) is 11.5 Å². The minimum absolute atomic E-state index is 0.470. The van der Waals surface area contributed by atoms with Gasteiger partial charge < -0.3 is 14.8 Å². The van der Waals surface area contributed by atoms with E-state index in [9.17, 15) is 0 Å². The third kappa shape index (κ3) is 5.99. The van der Waals surface area contributed by atoms with Crippen LogP contribution in [-0.2, 0) is 12.4 Å². The number of ether oxygens (including phenoxy) is 2. The van der Waals surface area contributed by atoms with Gasteiger partial charge in [0.2, 0.25) is 0 Å². The van der Waals surface area contributed by atoms with Gasteiger partial charge in [0.25, 0.3) is 0 Å². The molecule has 0 radical (unpaired) electrons. The molecule has 0 aliphatic carbocycles. The summed E-state index contributed by atoms with van der Waals surface area (Å²) >= 11 is 3.26. The maximum absolute atomic E-state index is 6.15. The molecule has 0 saturated heterocycles. The average Bonchev–Trinajstić information content (AvgIpc) is 3.22. The number of pyridine rings is 1. The largest absolute Gasteiger partial charge is 0.497 e. The van der Waals surface area contributed by atoms with Crippen LogP contribution in [-0.4, -0.2) is 17.1 Å². The van der Waals surface area contributed by atoms with Crippen LogP contribution in [0, 0.1) is 6.92 Å². The fourth-order valence-corrected chi connectivity index (χ4v) is 4.40. The van der Waals surface area contributed by atoms with Crippen LogP contribution in [0.25, 0.3) is 0 Å². The van der Waals surface area contributed by atoms with Gasteiger partial charge in [0, 0.05) is 22.2 Å². The molecule has 0 saturated carbocycles. The summed E-state index contributed by atoms with van der Waals surface area (Å²) in [5.74, 6) is 3.04. The lowest BCUT2D eigenvalue weighted by Crippen LogP contribution is -2.01. The highest BCUT2D eigenvalue weighted by atomic mass is 32.2. The van der Waals surface area contributed by atoms with Crippen molar-refractivity contribution in [3.05, 3.63) is 89.1 Å². The van der Waals surface area contributed by atoms with Gasteiger partial charge in [0.15, 0.2) is 16.7 Å². The Morgan fingerprint density at radius 3 is 2.65 bits per heavy atom. The zero-order valence-corrected chi connectivity index (χ0v) is 19.0. The van der Waals surface area contributed by atoms with Crippen molar-refractivity contribution >= 4 is 34.0 Å². The van der Waals surface area contributed by atoms with E-state index in [4.69, 9.17) is 9.47 Å². The first-order valence-electron chi connectivity index (χ1n) is 9.81. The van der Waals surface area contributed by atoms with Crippen LogP contribution < -0.4 is 14.8 Å². The van der Waals surface area contributed by atoms with Crippen molar-refractivity contribution in [1.82, 2.24) is 9.97 Å². The molecule has 0 aliphatic rings. The molecule has 2 heterocycles. The number of thiazole rings is 1. The van der Waals surface area contributed by atoms with E-state index in [1.807, 2.05) is 73.1 Å². The van der Waals surface area contributed by atoms with E-state index in [1.54, 1.807) is 30.2 Å². The highest BCUT2D eigenvalue weighted by molar-refractivity contribution is 7.98. The second kappa shape index (κ2) is 10.3. The fraction of sp³-hybridized carbons (Fsp3) is 0.167. The zero-order chi connectivity index (χ0) is 21.5. The average molecular weight is 450 g/mol. The molecule has 0 aliphatic heterocycles. The summed E-state index contributed by atoms with van der Waals surface area (Å²) in [4.78, 5) is 10.1. The van der Waals surface area contributed by atoms with E-state index >= 15 is 0 Å². The normalized spacial score (nSPS) is 10.6. The predicted octanol–water partition coefficient (Wildman–Crippen LogP) is 6.47. The Labute approximate surface area is 190 Å². The van der Waals surface area contributed by atoms with Crippen molar-refractivity contribution in [3.63, 3.8) is 0 Å². The summed E-state index contributed by atoms with van der Waals surface area (Å²) in [6.45, 7) is 2.44. The number of nitrogens with zero attached hydrogens (tertiary/aromatic N) is 2. The number of anilines is 2. The Morgan fingerprint density at radius 2 is 1.87 bits per heavy atom. The molecule has 4 rings (SSSR count). The second-order valence-corrected chi connectivity index (χ2v) is 8.76. The summed E-state index contributed by atoms with van der Waals surface area (Å²) in [7, 11) is 1.68. The first-order chi connectivity index (χ1) is 15.2. The lowest BCUT2D eigenvalue weighted by molar-refractivity contribution is 0.306. The molecule has 4 aromatic rings. The molecule has 2 aromatic heterocycles. The van der Waals surface area contributed by atoms with Gasteiger partial charge in [0.1, 0.15) is 12.4 Å². The van der Waals surface area contributed by atoms with Crippen molar-refractivity contribution in [1.29, 1.82) is 0 Å². The molecule has 0 bridgehead atoms. The summed E-state index contributed by atoms with van der Waals surface area (Å²) in [5, 5.41) is 6.09. The standard InChI is InChI=1S/C24H23N3O2S2/c1-17-15-31-24(26-17)27-23-22(29-14-18-7-4-3-5-8-18)12-21(13-25-23)30-16-19-9-6-10-20(11-19)28-2/h3-13,15H,14,16H2,1-2H3,(H,25,26,27). The van der Waals surface area contributed by atoms with Crippen molar-refractivity contribution in [2.24, 2.45) is 0 Å². The minimum atomic E-state index is 0.470. The smallest absolute Gasteiger partial charge is 0.188 e. The van der Waals surface area contributed by atoms with E-state index < -0.39 is 0 Å². The molecule has 158 valence electrons. The lowest BCUT2D eigenvalue weighted by atomic mass is 10.2. The summed E-state index contributed by atoms with van der Waals surface area (Å²) < 4.78 is 11.5. The zero-order valence-electron chi connectivity index (χ0n) is 17.4. The SMILES string of the molecule is COc1cccc(CSc2cnc(Nc3nc(C)cs3)c(OCc3ccccc3)c2)c1. The maximum atomic E-state index is 6.15. The first kappa shape index (κ1) is 21.2. The van der Waals surface area contributed by atoms with E-state index in [2.05, 4.69) is 21.4 Å². The number of aromatic nitrogens is 2. The summed E-state index contributed by atoms with van der Waals surface area (Å²) in [6, 6.07) is 20.2. The predicted molar refractivity (Wildman–Crippen MR) is 128 cm³/mol. The Kier molecular flexibility index (Phi) is 7.07. The number of hydrogen-bond acceptors (Lipinski definition) is 7. The molecule has 31 heavy (non-hydrogen) atoms. The molecule has 0 amide bonds. The number of hydrogen-bond donors (Lipinski definition) is 1. The second-order valence-electron chi connectivity index (χ2n) is 6.85. The highest BCUT2D eigenvalue weighted by Crippen LogP contribution is 2.33. The quantitative estimate of drug-likeness (QED) is 0.296.